The van der Waals surface area contributed by atoms with Crippen LogP contribution in [0.3, 0.4) is 0 Å². The van der Waals surface area contributed by atoms with Gasteiger partial charge in [-0.05, 0) is 85.7 Å². The number of pyridine rings is 2. The number of aryl methyl sites for hydroxylation is 1. The average molecular weight is 538 g/mol. The fraction of sp³-hybridized carbons (Fsp3) is 0.355. The number of hydrogen-bond donors (Lipinski definition) is 2. The summed E-state index contributed by atoms with van der Waals surface area (Å²) in [5.74, 6) is 1.45. The van der Waals surface area contributed by atoms with Gasteiger partial charge in [-0.1, -0.05) is 12.6 Å². The van der Waals surface area contributed by atoms with Crippen LogP contribution in [0.5, 0.6) is 0 Å². The number of aromatic nitrogens is 4. The Morgan fingerprint density at radius 1 is 1.12 bits per heavy atom. The number of rotatable bonds is 6. The smallest absolute Gasteiger partial charge is 0.246 e. The Bertz CT molecular complexity index is 1630. The number of amides is 1. The molecular weight excluding hydrogens is 505 g/mol. The number of halogens is 1. The van der Waals surface area contributed by atoms with E-state index in [0.29, 0.717) is 24.7 Å². The number of nitrogens with zero attached hydrogens (tertiary/aromatic N) is 5. The number of anilines is 1. The molecule has 8 nitrogen and oxygen atoms in total. The fourth-order valence-electron chi connectivity index (χ4n) is 6.21. The molecule has 2 fully saturated rings. The van der Waals surface area contributed by atoms with Crippen molar-refractivity contribution in [2.45, 2.75) is 56.3 Å². The number of hydrogen-bond acceptors (Lipinski definition) is 6. The number of nitrogens with two attached hydrogens (primary N) is 1. The molecule has 1 aliphatic heterocycles. The number of nitrogen functional groups attached to an aromatic ring is 1. The van der Waals surface area contributed by atoms with Gasteiger partial charge in [0.2, 0.25) is 5.91 Å². The first-order valence-electron chi connectivity index (χ1n) is 14.0. The second kappa shape index (κ2) is 9.82. The van der Waals surface area contributed by atoms with Gasteiger partial charge >= 0.3 is 0 Å². The SMILES string of the molecule is C=CC(=O)N1CCC(N[C@H]2CCc3cc(-n4c(-c5cccnc5N)nc5ccc(C6CC6)nc54)ccc32)C(F)C1. The van der Waals surface area contributed by atoms with Gasteiger partial charge in [0.25, 0.3) is 0 Å². The monoisotopic (exact) mass is 537 g/mol. The van der Waals surface area contributed by atoms with Crippen molar-refractivity contribution < 1.29 is 9.18 Å². The van der Waals surface area contributed by atoms with Gasteiger partial charge in [0.15, 0.2) is 11.5 Å². The van der Waals surface area contributed by atoms with Gasteiger partial charge in [-0.15, -0.1) is 0 Å². The van der Waals surface area contributed by atoms with Crippen molar-refractivity contribution in [3.8, 4) is 17.1 Å². The molecule has 9 heteroatoms. The zero-order valence-corrected chi connectivity index (χ0v) is 22.3. The lowest BCUT2D eigenvalue weighted by Gasteiger charge is -2.36. The van der Waals surface area contributed by atoms with Crippen molar-refractivity contribution in [3.05, 3.63) is 78.1 Å². The van der Waals surface area contributed by atoms with Gasteiger partial charge in [0.05, 0.1) is 12.1 Å². The van der Waals surface area contributed by atoms with Crippen molar-refractivity contribution in [3.63, 3.8) is 0 Å². The summed E-state index contributed by atoms with van der Waals surface area (Å²) in [4.78, 5) is 27.8. The molecule has 3 aromatic heterocycles. The van der Waals surface area contributed by atoms with Crippen LogP contribution in [0.25, 0.3) is 28.2 Å². The van der Waals surface area contributed by atoms with Gasteiger partial charge in [0, 0.05) is 42.1 Å². The lowest BCUT2D eigenvalue weighted by atomic mass is 10.00. The summed E-state index contributed by atoms with van der Waals surface area (Å²) in [7, 11) is 0. The zero-order valence-electron chi connectivity index (χ0n) is 22.3. The van der Waals surface area contributed by atoms with E-state index in [0.717, 1.165) is 46.8 Å². The van der Waals surface area contributed by atoms with Crippen LogP contribution < -0.4 is 11.1 Å². The van der Waals surface area contributed by atoms with Crippen molar-refractivity contribution in [1.29, 1.82) is 0 Å². The number of carbonyl (C=O) groups excluding carboxylic acids is 1. The number of benzene rings is 1. The molecule has 4 heterocycles. The van der Waals surface area contributed by atoms with Gasteiger partial charge in [-0.3, -0.25) is 9.36 Å². The Hall–Kier alpha value is -4.11. The van der Waals surface area contributed by atoms with Crippen LogP contribution in [0, 0.1) is 0 Å². The number of nitrogens with one attached hydrogen (secondary N) is 1. The normalized spacial score (nSPS) is 22.4. The average Bonchev–Trinajstić information content (AvgIpc) is 3.65. The Labute approximate surface area is 232 Å². The van der Waals surface area contributed by atoms with Crippen LogP contribution in [0.1, 0.15) is 54.5 Å². The molecule has 3 N–H and O–H groups in total. The lowest BCUT2D eigenvalue weighted by molar-refractivity contribution is -0.128. The van der Waals surface area contributed by atoms with Crippen LogP contribution in [0.2, 0.25) is 0 Å². The molecule has 3 aliphatic rings. The predicted octanol–water partition coefficient (Wildman–Crippen LogP) is 4.64. The van der Waals surface area contributed by atoms with Crippen molar-refractivity contribution in [2.24, 2.45) is 0 Å². The number of carbonyl (C=O) groups is 1. The van der Waals surface area contributed by atoms with Crippen LogP contribution in [-0.4, -0.2) is 55.6 Å². The lowest BCUT2D eigenvalue weighted by Crippen LogP contribution is -2.52. The van der Waals surface area contributed by atoms with E-state index in [-0.39, 0.29) is 24.5 Å². The minimum atomic E-state index is -1.11. The van der Waals surface area contributed by atoms with Gasteiger partial charge < -0.3 is 16.0 Å². The highest BCUT2D eigenvalue weighted by Gasteiger charge is 2.34. The van der Waals surface area contributed by atoms with Crippen LogP contribution >= 0.6 is 0 Å². The Morgan fingerprint density at radius 3 is 2.77 bits per heavy atom. The van der Waals surface area contributed by atoms with Gasteiger partial charge in [0.1, 0.15) is 17.5 Å². The molecule has 0 spiro atoms. The highest BCUT2D eigenvalue weighted by molar-refractivity contribution is 5.87. The predicted molar refractivity (Wildman–Crippen MR) is 153 cm³/mol. The minimum absolute atomic E-state index is 0.0709. The molecule has 7 rings (SSSR count). The number of likely N-dealkylation sites (tertiary alicyclic amines) is 1. The summed E-state index contributed by atoms with van der Waals surface area (Å²) >= 11 is 0. The quantitative estimate of drug-likeness (QED) is 0.348. The summed E-state index contributed by atoms with van der Waals surface area (Å²) < 4.78 is 17.1. The van der Waals surface area contributed by atoms with E-state index in [1.165, 1.54) is 34.9 Å². The third-order valence-electron chi connectivity index (χ3n) is 8.51. The molecule has 1 saturated heterocycles. The summed E-state index contributed by atoms with van der Waals surface area (Å²) in [6.45, 7) is 4.16. The molecule has 2 unspecified atom stereocenters. The highest BCUT2D eigenvalue weighted by atomic mass is 19.1. The second-order valence-electron chi connectivity index (χ2n) is 11.1. The Kier molecular flexibility index (Phi) is 6.11. The van der Waals surface area contributed by atoms with E-state index in [9.17, 15) is 4.79 Å². The van der Waals surface area contributed by atoms with E-state index < -0.39 is 6.17 Å². The van der Waals surface area contributed by atoms with E-state index in [4.69, 9.17) is 15.7 Å². The molecule has 0 radical (unpaired) electrons. The maximum Gasteiger partial charge on any atom is 0.246 e. The fourth-order valence-corrected chi connectivity index (χ4v) is 6.21. The Morgan fingerprint density at radius 2 is 2.00 bits per heavy atom. The molecule has 1 amide bonds. The van der Waals surface area contributed by atoms with Crippen LogP contribution in [-0.2, 0) is 11.2 Å². The molecule has 40 heavy (non-hydrogen) atoms. The molecule has 4 aromatic rings. The van der Waals surface area contributed by atoms with E-state index in [2.05, 4.69) is 51.8 Å². The molecule has 1 saturated carbocycles. The third kappa shape index (κ3) is 4.34. The van der Waals surface area contributed by atoms with Crippen LogP contribution in [0.15, 0.2) is 61.3 Å². The first-order valence-corrected chi connectivity index (χ1v) is 14.0. The third-order valence-corrected chi connectivity index (χ3v) is 8.51. The van der Waals surface area contributed by atoms with E-state index in [1.54, 1.807) is 6.20 Å². The molecule has 204 valence electrons. The molecular formula is C31H32FN7O. The minimum Gasteiger partial charge on any atom is -0.383 e. The first-order chi connectivity index (χ1) is 19.5. The summed E-state index contributed by atoms with van der Waals surface area (Å²) in [5, 5.41) is 3.56. The largest absolute Gasteiger partial charge is 0.383 e. The summed E-state index contributed by atoms with van der Waals surface area (Å²) in [6.07, 6.45) is 6.54. The van der Waals surface area contributed by atoms with E-state index >= 15 is 4.39 Å². The van der Waals surface area contributed by atoms with E-state index in [1.807, 2.05) is 12.1 Å². The van der Waals surface area contributed by atoms with Crippen molar-refractivity contribution >= 4 is 22.9 Å². The maximum atomic E-state index is 15.0. The molecule has 0 bridgehead atoms. The summed E-state index contributed by atoms with van der Waals surface area (Å²) in [6, 6.07) is 14.2. The zero-order chi connectivity index (χ0) is 27.4. The van der Waals surface area contributed by atoms with Crippen molar-refractivity contribution in [1.82, 2.24) is 29.7 Å². The second-order valence-corrected chi connectivity index (χ2v) is 11.1. The van der Waals surface area contributed by atoms with Crippen molar-refractivity contribution in [2.75, 3.05) is 18.8 Å². The first kappa shape index (κ1) is 24.9. The molecule has 3 atom stereocenters. The summed E-state index contributed by atoms with van der Waals surface area (Å²) in [5.41, 5.74) is 13.2. The number of imidazole rings is 1. The number of piperidine rings is 1. The van der Waals surface area contributed by atoms with Crippen LogP contribution in [0.4, 0.5) is 10.2 Å². The number of fused-ring (bicyclic) bond motifs is 2. The maximum absolute atomic E-state index is 15.0. The molecule has 1 aromatic carbocycles. The highest BCUT2D eigenvalue weighted by Crippen LogP contribution is 2.41. The topological polar surface area (TPSA) is 102 Å². The number of alkyl halides is 1. The van der Waals surface area contributed by atoms with Gasteiger partial charge in [-0.2, -0.15) is 0 Å². The Balaban J connectivity index is 1.22. The standard InChI is InChI=1S/C31H32FN7O/c1-2-28(40)38-15-13-26(23(32)17-38)35-25-10-7-19-16-20(8-9-21(19)25)39-30(22-4-3-14-34-29(22)33)37-27-12-11-24(18-5-6-18)36-31(27)39/h2-4,8-9,11-12,14,16,18,23,25-26,35H,1,5-7,10,13,15,17H2,(H2,33,34)/t23?,25-,26?/m0/s1. The molecule has 2 aliphatic carbocycles. The van der Waals surface area contributed by atoms with Gasteiger partial charge in [-0.25, -0.2) is 19.3 Å².